The molecule has 9 heteroatoms. The summed E-state index contributed by atoms with van der Waals surface area (Å²) in [5.74, 6) is 0.315. The van der Waals surface area contributed by atoms with Crippen molar-refractivity contribution in [3.8, 4) is 11.5 Å². The van der Waals surface area contributed by atoms with Gasteiger partial charge in [-0.3, -0.25) is 4.79 Å². The molecule has 2 N–H and O–H groups in total. The minimum Gasteiger partial charge on any atom is -0.493 e. The zero-order chi connectivity index (χ0) is 18.0. The molecule has 1 aromatic rings. The van der Waals surface area contributed by atoms with Crippen molar-refractivity contribution in [1.82, 2.24) is 10.0 Å². The minimum atomic E-state index is -3.64. The molecule has 0 bridgehead atoms. The maximum atomic E-state index is 12.1. The van der Waals surface area contributed by atoms with Gasteiger partial charge in [-0.1, -0.05) is 6.07 Å². The van der Waals surface area contributed by atoms with E-state index in [4.69, 9.17) is 14.2 Å². The molecule has 136 valence electrons. The Morgan fingerprint density at radius 1 is 1.12 bits per heavy atom. The van der Waals surface area contributed by atoms with Gasteiger partial charge in [0.25, 0.3) is 0 Å². The Bertz CT molecular complexity index is 633. The highest BCUT2D eigenvalue weighted by molar-refractivity contribution is 7.88. The van der Waals surface area contributed by atoms with Crippen molar-refractivity contribution in [2.75, 3.05) is 41.0 Å². The lowest BCUT2D eigenvalue weighted by atomic mass is 10.2. The lowest BCUT2D eigenvalue weighted by Gasteiger charge is -2.11. The molecule has 0 spiro atoms. The molecule has 0 heterocycles. The number of methoxy groups -OCH3 is 3. The fraction of sp³-hybridized carbons (Fsp3) is 0.533. The number of benzene rings is 1. The van der Waals surface area contributed by atoms with Crippen LogP contribution in [0.1, 0.15) is 12.0 Å². The first-order valence-corrected chi connectivity index (χ1v) is 9.01. The molecule has 0 aliphatic heterocycles. The van der Waals surface area contributed by atoms with Gasteiger partial charge < -0.3 is 19.5 Å². The van der Waals surface area contributed by atoms with Crippen LogP contribution in [0.25, 0.3) is 0 Å². The molecule has 8 nitrogen and oxygen atoms in total. The first-order valence-electron chi connectivity index (χ1n) is 7.35. The molecule has 1 rings (SSSR count). The van der Waals surface area contributed by atoms with Crippen LogP contribution >= 0.6 is 0 Å². The largest absolute Gasteiger partial charge is 0.493 e. The van der Waals surface area contributed by atoms with Crippen LogP contribution < -0.4 is 19.5 Å². The highest BCUT2D eigenvalue weighted by atomic mass is 32.2. The zero-order valence-electron chi connectivity index (χ0n) is 14.1. The van der Waals surface area contributed by atoms with E-state index in [2.05, 4.69) is 10.0 Å². The summed E-state index contributed by atoms with van der Waals surface area (Å²) < 4.78 is 41.5. The summed E-state index contributed by atoms with van der Waals surface area (Å²) in [6.07, 6.45) is 0.667. The number of nitrogens with one attached hydrogen (secondary N) is 2. The lowest BCUT2D eigenvalue weighted by Crippen LogP contribution is -2.37. The number of ether oxygens (including phenoxy) is 3. The number of rotatable bonds is 11. The van der Waals surface area contributed by atoms with Crippen molar-refractivity contribution in [2.24, 2.45) is 0 Å². The second kappa shape index (κ2) is 10.1. The monoisotopic (exact) mass is 360 g/mol. The van der Waals surface area contributed by atoms with Crippen LogP contribution in [-0.2, 0) is 25.3 Å². The summed E-state index contributed by atoms with van der Waals surface area (Å²) in [5.41, 5.74) is 0.528. The predicted molar refractivity (Wildman–Crippen MR) is 89.7 cm³/mol. The first kappa shape index (κ1) is 20.2. The number of sulfonamides is 1. The van der Waals surface area contributed by atoms with Crippen LogP contribution in [0.4, 0.5) is 0 Å². The summed E-state index contributed by atoms with van der Waals surface area (Å²) in [6, 6.07) is 4.85. The van der Waals surface area contributed by atoms with Crippen LogP contribution in [0, 0.1) is 0 Å². The number of hydrogen-bond acceptors (Lipinski definition) is 6. The summed E-state index contributed by atoms with van der Waals surface area (Å²) in [6.45, 7) is 0.665. The molecule has 24 heavy (non-hydrogen) atoms. The summed E-state index contributed by atoms with van der Waals surface area (Å²) in [7, 11) is 0.908. The molecule has 0 radical (unpaired) electrons. The molecule has 0 aromatic heterocycles. The maximum absolute atomic E-state index is 12.1. The minimum absolute atomic E-state index is 0.260. The topological polar surface area (TPSA) is 103 Å². The molecule has 1 aromatic carbocycles. The van der Waals surface area contributed by atoms with E-state index >= 15 is 0 Å². The molecule has 0 unspecified atom stereocenters. The Kier molecular flexibility index (Phi) is 8.51. The molecule has 0 saturated carbocycles. The van der Waals surface area contributed by atoms with E-state index in [1.54, 1.807) is 25.3 Å². The molecular formula is C15H24N2O6S. The second-order valence-electron chi connectivity index (χ2n) is 4.97. The van der Waals surface area contributed by atoms with Gasteiger partial charge in [0, 0.05) is 20.3 Å². The van der Waals surface area contributed by atoms with Gasteiger partial charge in [0.15, 0.2) is 11.5 Å². The first-order chi connectivity index (χ1) is 11.4. The van der Waals surface area contributed by atoms with Gasteiger partial charge in [-0.25, -0.2) is 13.1 Å². The maximum Gasteiger partial charge on any atom is 0.235 e. The second-order valence-corrected chi connectivity index (χ2v) is 6.77. The van der Waals surface area contributed by atoms with E-state index in [1.165, 1.54) is 14.2 Å². The summed E-state index contributed by atoms with van der Waals surface area (Å²) in [4.78, 5) is 11.6. The molecule has 0 aliphatic rings. The average Bonchev–Trinajstić information content (AvgIpc) is 2.56. The Morgan fingerprint density at radius 3 is 2.46 bits per heavy atom. The summed E-state index contributed by atoms with van der Waals surface area (Å²) >= 11 is 0. The van der Waals surface area contributed by atoms with E-state index in [-0.39, 0.29) is 18.2 Å². The van der Waals surface area contributed by atoms with E-state index in [1.807, 2.05) is 0 Å². The molecule has 0 atom stereocenters. The number of amides is 1. The molecule has 0 aliphatic carbocycles. The Balaban J connectivity index is 2.53. The Labute approximate surface area is 142 Å². The van der Waals surface area contributed by atoms with E-state index < -0.39 is 10.0 Å². The van der Waals surface area contributed by atoms with Crippen molar-refractivity contribution < 1.29 is 27.4 Å². The fourth-order valence-corrected chi connectivity index (χ4v) is 2.99. The standard InChI is InChI=1S/C15H24N2O6S/c1-21-8-4-7-16-15(18)10-17-24(19,20)11-12-5-6-13(22-2)14(9-12)23-3/h5-6,9,17H,4,7-8,10-11H2,1-3H3,(H,16,18). The van der Waals surface area contributed by atoms with Gasteiger partial charge in [0.2, 0.25) is 15.9 Å². The predicted octanol–water partition coefficient (Wildman–Crippen LogP) is 0.276. The van der Waals surface area contributed by atoms with Crippen molar-refractivity contribution in [1.29, 1.82) is 0 Å². The third-order valence-corrected chi connectivity index (χ3v) is 4.40. The summed E-state index contributed by atoms with van der Waals surface area (Å²) in [5, 5.41) is 2.60. The third-order valence-electron chi connectivity index (χ3n) is 3.10. The van der Waals surface area contributed by atoms with Crippen LogP contribution in [0.15, 0.2) is 18.2 Å². The van der Waals surface area contributed by atoms with Gasteiger partial charge in [0.1, 0.15) is 0 Å². The molecular weight excluding hydrogens is 336 g/mol. The number of hydrogen-bond donors (Lipinski definition) is 2. The smallest absolute Gasteiger partial charge is 0.235 e. The molecule has 0 fully saturated rings. The quantitative estimate of drug-likeness (QED) is 0.549. The Hall–Kier alpha value is -1.84. The normalized spacial score (nSPS) is 11.1. The van der Waals surface area contributed by atoms with Crippen molar-refractivity contribution in [3.63, 3.8) is 0 Å². The van der Waals surface area contributed by atoms with Gasteiger partial charge in [-0.05, 0) is 24.1 Å². The van der Waals surface area contributed by atoms with E-state index in [9.17, 15) is 13.2 Å². The molecule has 1 amide bonds. The van der Waals surface area contributed by atoms with Crippen LogP contribution in [0.3, 0.4) is 0 Å². The number of carbonyl (C=O) groups excluding carboxylic acids is 1. The zero-order valence-corrected chi connectivity index (χ0v) is 14.9. The van der Waals surface area contributed by atoms with E-state index in [0.29, 0.717) is 36.6 Å². The Morgan fingerprint density at radius 2 is 1.83 bits per heavy atom. The van der Waals surface area contributed by atoms with Crippen molar-refractivity contribution in [3.05, 3.63) is 23.8 Å². The van der Waals surface area contributed by atoms with Gasteiger partial charge >= 0.3 is 0 Å². The van der Waals surface area contributed by atoms with Crippen molar-refractivity contribution >= 4 is 15.9 Å². The number of carbonyl (C=O) groups is 1. The molecule has 0 saturated heterocycles. The van der Waals surface area contributed by atoms with Gasteiger partial charge in [-0.2, -0.15) is 0 Å². The highest BCUT2D eigenvalue weighted by Crippen LogP contribution is 2.28. The van der Waals surface area contributed by atoms with Crippen molar-refractivity contribution in [2.45, 2.75) is 12.2 Å². The third kappa shape index (κ3) is 7.16. The average molecular weight is 360 g/mol. The van der Waals surface area contributed by atoms with E-state index in [0.717, 1.165) is 0 Å². The van der Waals surface area contributed by atoms with Crippen LogP contribution in [0.2, 0.25) is 0 Å². The van der Waals surface area contributed by atoms with Gasteiger partial charge in [-0.15, -0.1) is 0 Å². The fourth-order valence-electron chi connectivity index (χ4n) is 1.92. The van der Waals surface area contributed by atoms with Gasteiger partial charge in [0.05, 0.1) is 26.5 Å². The lowest BCUT2D eigenvalue weighted by molar-refractivity contribution is -0.120. The van der Waals surface area contributed by atoms with Crippen LogP contribution in [-0.4, -0.2) is 55.4 Å². The van der Waals surface area contributed by atoms with Crippen LogP contribution in [0.5, 0.6) is 11.5 Å². The highest BCUT2D eigenvalue weighted by Gasteiger charge is 2.15. The SMILES string of the molecule is COCCCNC(=O)CNS(=O)(=O)Cc1ccc(OC)c(OC)c1.